The molecular weight excluding hydrogens is 214 g/mol. The van der Waals surface area contributed by atoms with Gasteiger partial charge in [-0.05, 0) is 57.9 Å². The summed E-state index contributed by atoms with van der Waals surface area (Å²) < 4.78 is 0. The van der Waals surface area contributed by atoms with Gasteiger partial charge in [0, 0.05) is 12.1 Å². The summed E-state index contributed by atoms with van der Waals surface area (Å²) in [6.07, 6.45) is 5.61. The molecule has 0 aromatic carbocycles. The molecule has 2 aliphatic carbocycles. The maximum atomic E-state index is 11.4. The molecule has 98 valence electrons. The molecule has 0 aromatic rings. The molecule has 0 heterocycles. The van der Waals surface area contributed by atoms with Gasteiger partial charge in [0.1, 0.15) is 0 Å². The fraction of sp³-hybridized carbons (Fsp3) is 0.929. The maximum Gasteiger partial charge on any atom is 0.308 e. The van der Waals surface area contributed by atoms with Gasteiger partial charge in [0.15, 0.2) is 0 Å². The number of hydrogen-bond acceptors (Lipinski definition) is 2. The van der Waals surface area contributed by atoms with Crippen molar-refractivity contribution in [2.24, 2.45) is 17.8 Å². The highest BCUT2D eigenvalue weighted by atomic mass is 16.4. The van der Waals surface area contributed by atoms with Gasteiger partial charge in [-0.25, -0.2) is 0 Å². The molecule has 3 heteroatoms. The predicted octanol–water partition coefficient (Wildman–Crippen LogP) is 2.61. The Morgan fingerprint density at radius 2 is 1.94 bits per heavy atom. The maximum absolute atomic E-state index is 11.4. The Morgan fingerprint density at radius 3 is 2.47 bits per heavy atom. The van der Waals surface area contributed by atoms with E-state index in [1.165, 1.54) is 12.8 Å². The Morgan fingerprint density at radius 1 is 1.29 bits per heavy atom. The van der Waals surface area contributed by atoms with Crippen LogP contribution < -0.4 is 0 Å². The third-order valence-corrected chi connectivity index (χ3v) is 4.87. The van der Waals surface area contributed by atoms with Crippen LogP contribution in [-0.4, -0.2) is 35.1 Å². The summed E-state index contributed by atoms with van der Waals surface area (Å²) in [5.74, 6) is 0.727. The lowest BCUT2D eigenvalue weighted by Crippen LogP contribution is -2.49. The highest BCUT2D eigenvalue weighted by molar-refractivity contribution is 5.71. The Bertz CT molecular complexity index is 288. The molecule has 2 aliphatic rings. The van der Waals surface area contributed by atoms with Crippen LogP contribution in [0.3, 0.4) is 0 Å². The third-order valence-electron chi connectivity index (χ3n) is 4.87. The van der Waals surface area contributed by atoms with E-state index in [4.69, 9.17) is 0 Å². The van der Waals surface area contributed by atoms with Gasteiger partial charge in [-0.2, -0.15) is 0 Å². The first-order valence-electron chi connectivity index (χ1n) is 6.95. The Kier molecular flexibility index (Phi) is 3.76. The third kappa shape index (κ3) is 2.82. The van der Waals surface area contributed by atoms with Gasteiger partial charge in [-0.1, -0.05) is 6.92 Å². The summed E-state index contributed by atoms with van der Waals surface area (Å²) in [6.45, 7) is 4.51. The van der Waals surface area contributed by atoms with Crippen LogP contribution in [0.4, 0.5) is 0 Å². The van der Waals surface area contributed by atoms with Gasteiger partial charge < -0.3 is 5.11 Å². The molecule has 17 heavy (non-hydrogen) atoms. The molecule has 0 radical (unpaired) electrons. The lowest BCUT2D eigenvalue weighted by atomic mass is 9.78. The Labute approximate surface area is 104 Å². The van der Waals surface area contributed by atoms with E-state index >= 15 is 0 Å². The van der Waals surface area contributed by atoms with Crippen molar-refractivity contribution in [1.29, 1.82) is 0 Å². The zero-order valence-corrected chi connectivity index (χ0v) is 11.2. The number of nitrogens with zero attached hydrogens (tertiary/aromatic N) is 1. The van der Waals surface area contributed by atoms with E-state index in [9.17, 15) is 9.90 Å². The number of aliphatic carboxylic acids is 1. The monoisotopic (exact) mass is 239 g/mol. The van der Waals surface area contributed by atoms with E-state index in [-0.39, 0.29) is 12.0 Å². The number of carbonyl (C=O) groups is 1. The molecule has 3 nitrogen and oxygen atoms in total. The van der Waals surface area contributed by atoms with Crippen LogP contribution in [0.1, 0.15) is 46.0 Å². The second-order valence-corrected chi connectivity index (χ2v) is 6.17. The standard InChI is InChI=1S/C14H25NO2/c1-9-4-7-12(14(16)17)13(8-9)15(3)10(2)11-5-6-11/h9-13H,4-8H2,1-3H3,(H,16,17). The van der Waals surface area contributed by atoms with Crippen LogP contribution >= 0.6 is 0 Å². The van der Waals surface area contributed by atoms with E-state index in [1.807, 2.05) is 0 Å². The molecule has 2 fully saturated rings. The van der Waals surface area contributed by atoms with Crippen molar-refractivity contribution in [3.63, 3.8) is 0 Å². The average Bonchev–Trinajstić information content (AvgIpc) is 3.10. The molecule has 0 aliphatic heterocycles. The summed E-state index contributed by atoms with van der Waals surface area (Å²) in [4.78, 5) is 13.7. The normalized spacial score (nSPS) is 35.9. The summed E-state index contributed by atoms with van der Waals surface area (Å²) in [5, 5.41) is 9.35. The second-order valence-electron chi connectivity index (χ2n) is 6.17. The number of rotatable bonds is 4. The SMILES string of the molecule is CC1CCC(C(=O)O)C(N(C)C(C)C2CC2)C1. The van der Waals surface area contributed by atoms with Crippen molar-refractivity contribution in [2.75, 3.05) is 7.05 Å². The van der Waals surface area contributed by atoms with E-state index < -0.39 is 5.97 Å². The van der Waals surface area contributed by atoms with Crippen LogP contribution in [0.25, 0.3) is 0 Å². The first kappa shape index (κ1) is 12.9. The second kappa shape index (κ2) is 4.97. The minimum absolute atomic E-state index is 0.155. The largest absolute Gasteiger partial charge is 0.481 e. The lowest BCUT2D eigenvalue weighted by Gasteiger charge is -2.41. The van der Waals surface area contributed by atoms with E-state index in [1.54, 1.807) is 0 Å². The quantitative estimate of drug-likeness (QED) is 0.820. The molecule has 0 amide bonds. The van der Waals surface area contributed by atoms with Crippen molar-refractivity contribution < 1.29 is 9.90 Å². The molecule has 0 aromatic heterocycles. The summed E-state index contributed by atoms with van der Waals surface area (Å²) in [6, 6.07) is 0.791. The van der Waals surface area contributed by atoms with Gasteiger partial charge in [0.2, 0.25) is 0 Å². The molecule has 2 rings (SSSR count). The molecule has 0 spiro atoms. The highest BCUT2D eigenvalue weighted by Crippen LogP contribution is 2.39. The summed E-state index contributed by atoms with van der Waals surface area (Å²) >= 11 is 0. The molecule has 4 atom stereocenters. The smallest absolute Gasteiger partial charge is 0.308 e. The van der Waals surface area contributed by atoms with Crippen LogP contribution in [0.15, 0.2) is 0 Å². The predicted molar refractivity (Wildman–Crippen MR) is 67.9 cm³/mol. The van der Waals surface area contributed by atoms with Gasteiger partial charge in [-0.15, -0.1) is 0 Å². The topological polar surface area (TPSA) is 40.5 Å². The van der Waals surface area contributed by atoms with Crippen LogP contribution in [0.2, 0.25) is 0 Å². The molecule has 1 N–H and O–H groups in total. The molecule has 2 saturated carbocycles. The Hall–Kier alpha value is -0.570. The van der Waals surface area contributed by atoms with Crippen molar-refractivity contribution in [1.82, 2.24) is 4.90 Å². The number of carboxylic acids is 1. The van der Waals surface area contributed by atoms with Crippen molar-refractivity contribution in [2.45, 2.75) is 58.0 Å². The van der Waals surface area contributed by atoms with E-state index in [0.29, 0.717) is 12.0 Å². The van der Waals surface area contributed by atoms with Crippen LogP contribution in [-0.2, 0) is 4.79 Å². The minimum atomic E-state index is -0.600. The number of hydrogen-bond donors (Lipinski definition) is 1. The lowest BCUT2D eigenvalue weighted by molar-refractivity contribution is -0.146. The molecular formula is C14H25NO2. The number of carboxylic acid groups (broad SMARTS) is 1. The van der Waals surface area contributed by atoms with Crippen LogP contribution in [0, 0.1) is 17.8 Å². The van der Waals surface area contributed by atoms with Gasteiger partial charge >= 0.3 is 5.97 Å². The van der Waals surface area contributed by atoms with Gasteiger partial charge in [0.25, 0.3) is 0 Å². The van der Waals surface area contributed by atoms with Gasteiger partial charge in [0.05, 0.1) is 5.92 Å². The molecule has 0 bridgehead atoms. The van der Waals surface area contributed by atoms with Crippen molar-refractivity contribution in [3.05, 3.63) is 0 Å². The minimum Gasteiger partial charge on any atom is -0.481 e. The summed E-state index contributed by atoms with van der Waals surface area (Å²) in [5.41, 5.74) is 0. The zero-order chi connectivity index (χ0) is 12.6. The first-order chi connectivity index (χ1) is 8.00. The Balaban J connectivity index is 2.04. The molecule has 0 saturated heterocycles. The fourth-order valence-corrected chi connectivity index (χ4v) is 3.30. The molecule has 4 unspecified atom stereocenters. The highest BCUT2D eigenvalue weighted by Gasteiger charge is 2.40. The van der Waals surface area contributed by atoms with Crippen LogP contribution in [0.5, 0.6) is 0 Å². The van der Waals surface area contributed by atoms with Crippen molar-refractivity contribution in [3.8, 4) is 0 Å². The average molecular weight is 239 g/mol. The first-order valence-corrected chi connectivity index (χ1v) is 6.95. The van der Waals surface area contributed by atoms with E-state index in [0.717, 1.165) is 25.2 Å². The van der Waals surface area contributed by atoms with Crippen molar-refractivity contribution >= 4 is 5.97 Å². The fourth-order valence-electron chi connectivity index (χ4n) is 3.30. The summed E-state index contributed by atoms with van der Waals surface area (Å²) in [7, 11) is 2.13. The van der Waals surface area contributed by atoms with Gasteiger partial charge in [-0.3, -0.25) is 9.69 Å². The van der Waals surface area contributed by atoms with E-state index in [2.05, 4.69) is 25.8 Å². The zero-order valence-electron chi connectivity index (χ0n) is 11.2.